The number of amides is 2. The highest BCUT2D eigenvalue weighted by molar-refractivity contribution is 5.99. The third kappa shape index (κ3) is 7.79. The summed E-state index contributed by atoms with van der Waals surface area (Å²) in [6.45, 7) is 5.61. The van der Waals surface area contributed by atoms with Gasteiger partial charge in [-0.3, -0.25) is 9.59 Å². The van der Waals surface area contributed by atoms with Gasteiger partial charge >= 0.3 is 5.97 Å². The van der Waals surface area contributed by atoms with Crippen molar-refractivity contribution in [3.05, 3.63) is 59.4 Å². The predicted octanol–water partition coefficient (Wildman–Crippen LogP) is 3.56. The molecule has 2 aromatic carbocycles. The van der Waals surface area contributed by atoms with Crippen molar-refractivity contribution in [2.75, 3.05) is 11.9 Å². The molecule has 0 aliphatic carbocycles. The number of hydrazone groups is 1. The summed E-state index contributed by atoms with van der Waals surface area (Å²) in [7, 11) is 0. The molecule has 0 saturated heterocycles. The van der Waals surface area contributed by atoms with Crippen LogP contribution in [0.4, 0.5) is 18.9 Å². The molecule has 1 heterocycles. The van der Waals surface area contributed by atoms with Gasteiger partial charge in [-0.15, -0.1) is 0 Å². The average molecular weight is 549 g/mol. The Kier molecular flexibility index (Phi) is 10.0. The Hall–Kier alpha value is -3.93. The minimum absolute atomic E-state index is 0.127. The molecule has 0 saturated carbocycles. The summed E-state index contributed by atoms with van der Waals surface area (Å²) in [5.74, 6) is -4.77. The van der Waals surface area contributed by atoms with Crippen molar-refractivity contribution in [3.8, 4) is 5.75 Å². The molecular weight excluding hydrogens is 517 g/mol. The van der Waals surface area contributed by atoms with Gasteiger partial charge in [-0.05, 0) is 49.2 Å². The zero-order chi connectivity index (χ0) is 28.7. The van der Waals surface area contributed by atoms with Crippen LogP contribution in [0.5, 0.6) is 5.75 Å². The molecule has 1 unspecified atom stereocenters. The molecule has 12 heteroatoms. The van der Waals surface area contributed by atoms with Gasteiger partial charge in [0, 0.05) is 42.8 Å². The highest BCUT2D eigenvalue weighted by atomic mass is 19.2. The van der Waals surface area contributed by atoms with Crippen LogP contribution in [-0.2, 0) is 25.5 Å². The van der Waals surface area contributed by atoms with Crippen molar-refractivity contribution in [1.82, 2.24) is 5.01 Å². The number of benzene rings is 2. The maximum atomic E-state index is 13.9. The number of carbonyl (C=O) groups excluding carboxylic acids is 3. The Labute approximate surface area is 224 Å². The molecule has 2 aromatic rings. The van der Waals surface area contributed by atoms with Crippen LogP contribution in [-0.4, -0.2) is 53.8 Å². The van der Waals surface area contributed by atoms with Gasteiger partial charge in [0.1, 0.15) is 17.6 Å². The molecule has 3 rings (SSSR count). The lowest BCUT2D eigenvalue weighted by Crippen LogP contribution is -2.43. The van der Waals surface area contributed by atoms with Gasteiger partial charge in [0.25, 0.3) is 0 Å². The Morgan fingerprint density at radius 1 is 1.10 bits per heavy atom. The summed E-state index contributed by atoms with van der Waals surface area (Å²) in [6.07, 6.45) is 0.280. The first-order valence-electron chi connectivity index (χ1n) is 12.5. The van der Waals surface area contributed by atoms with Crippen LogP contribution < -0.4 is 15.8 Å². The fraction of sp³-hybridized carbons (Fsp3) is 0.407. The lowest BCUT2D eigenvalue weighted by Gasteiger charge is -2.23. The van der Waals surface area contributed by atoms with Crippen LogP contribution in [0.1, 0.15) is 39.2 Å². The lowest BCUT2D eigenvalue weighted by atomic mass is 10.0. The van der Waals surface area contributed by atoms with E-state index in [1.165, 1.54) is 6.21 Å². The molecule has 3 atom stereocenters. The first kappa shape index (κ1) is 29.6. The predicted molar refractivity (Wildman–Crippen MR) is 137 cm³/mol. The van der Waals surface area contributed by atoms with Crippen molar-refractivity contribution in [1.29, 1.82) is 0 Å². The third-order valence-electron chi connectivity index (χ3n) is 5.91. The number of nitrogens with one attached hydrogen (secondary N) is 1. The van der Waals surface area contributed by atoms with Crippen molar-refractivity contribution in [2.45, 2.75) is 58.2 Å². The van der Waals surface area contributed by atoms with Crippen LogP contribution in [0.3, 0.4) is 0 Å². The Balaban J connectivity index is 1.57. The summed E-state index contributed by atoms with van der Waals surface area (Å²) >= 11 is 0. The molecular formula is C27H31F3N4O5. The minimum Gasteiger partial charge on any atom is -0.478 e. The second-order valence-electron chi connectivity index (χ2n) is 9.36. The maximum absolute atomic E-state index is 13.9. The number of hydrogen-bond acceptors (Lipinski definition) is 7. The van der Waals surface area contributed by atoms with E-state index in [9.17, 15) is 27.6 Å². The Bertz CT molecular complexity index is 1220. The smallest absolute Gasteiger partial charge is 0.347 e. The van der Waals surface area contributed by atoms with Gasteiger partial charge in [0.05, 0.1) is 6.61 Å². The summed E-state index contributed by atoms with van der Waals surface area (Å²) in [5.41, 5.74) is 6.22. The van der Waals surface area contributed by atoms with Crippen molar-refractivity contribution in [3.63, 3.8) is 0 Å². The van der Waals surface area contributed by atoms with Gasteiger partial charge in [0.15, 0.2) is 17.7 Å². The maximum Gasteiger partial charge on any atom is 0.347 e. The van der Waals surface area contributed by atoms with E-state index in [0.29, 0.717) is 23.6 Å². The van der Waals surface area contributed by atoms with Gasteiger partial charge in [-0.25, -0.2) is 23.0 Å². The second-order valence-corrected chi connectivity index (χ2v) is 9.36. The number of hydrogen-bond donors (Lipinski definition) is 2. The third-order valence-corrected chi connectivity index (χ3v) is 5.91. The summed E-state index contributed by atoms with van der Waals surface area (Å²) < 4.78 is 51.4. The SMILES string of the molecule is CCOC(=O)[C@@H](Oc1ccc(NC(=O)C2CC=NN2C(=O)C[C@H](N)Cc2cc(F)c(F)cc2F)cc1)C(C)C. The van der Waals surface area contributed by atoms with Crippen LogP contribution in [0.15, 0.2) is 41.5 Å². The fourth-order valence-corrected chi connectivity index (χ4v) is 3.93. The van der Waals surface area contributed by atoms with Gasteiger partial charge in [0.2, 0.25) is 11.8 Å². The quantitative estimate of drug-likeness (QED) is 0.327. The van der Waals surface area contributed by atoms with E-state index in [-0.39, 0.29) is 37.4 Å². The van der Waals surface area contributed by atoms with Crippen molar-refractivity contribution < 1.29 is 37.0 Å². The van der Waals surface area contributed by atoms with Crippen LogP contribution in [0.2, 0.25) is 0 Å². The molecule has 1 aliphatic heterocycles. The molecule has 210 valence electrons. The number of ether oxygens (including phenoxy) is 2. The number of anilines is 1. The van der Waals surface area contributed by atoms with E-state index in [2.05, 4.69) is 10.4 Å². The van der Waals surface area contributed by atoms with Crippen LogP contribution >= 0.6 is 0 Å². The largest absolute Gasteiger partial charge is 0.478 e. The molecule has 0 spiro atoms. The van der Waals surface area contributed by atoms with Crippen molar-refractivity contribution in [2.24, 2.45) is 16.8 Å². The molecule has 3 N–H and O–H groups in total. The zero-order valence-corrected chi connectivity index (χ0v) is 21.8. The first-order chi connectivity index (χ1) is 18.5. The highest BCUT2D eigenvalue weighted by Crippen LogP contribution is 2.22. The number of nitrogens with two attached hydrogens (primary N) is 1. The van der Waals surface area contributed by atoms with E-state index >= 15 is 0 Å². The number of rotatable bonds is 11. The zero-order valence-electron chi connectivity index (χ0n) is 21.8. The van der Waals surface area contributed by atoms with Crippen LogP contribution in [0.25, 0.3) is 0 Å². The van der Waals surface area contributed by atoms with Gasteiger partial charge < -0.3 is 20.5 Å². The van der Waals surface area contributed by atoms with E-state index in [0.717, 1.165) is 5.01 Å². The number of carbonyl (C=O) groups is 3. The average Bonchev–Trinajstić information content (AvgIpc) is 3.37. The van der Waals surface area contributed by atoms with Gasteiger partial charge in [-0.1, -0.05) is 13.8 Å². The standard InChI is InChI=1S/C27H31F3N4O5/c1-4-38-27(37)25(15(2)3)39-19-7-5-18(6-8-19)33-26(36)23-9-10-32-34(23)24(35)13-17(31)11-16-12-21(29)22(30)14-20(16)28/h5-8,10,12,14-15,17,23,25H,4,9,11,13,31H2,1-3H3,(H,33,36)/t17-,23?,25+/m1/s1. The van der Waals surface area contributed by atoms with Gasteiger partial charge in [-0.2, -0.15) is 5.10 Å². The molecule has 0 fully saturated rings. The number of halogens is 3. The molecule has 9 nitrogen and oxygen atoms in total. The highest BCUT2D eigenvalue weighted by Gasteiger charge is 2.33. The normalized spacial score (nSPS) is 16.2. The molecule has 39 heavy (non-hydrogen) atoms. The van der Waals surface area contributed by atoms with E-state index in [1.54, 1.807) is 31.2 Å². The first-order valence-corrected chi connectivity index (χ1v) is 12.5. The van der Waals surface area contributed by atoms with E-state index in [1.807, 2.05) is 13.8 Å². The van der Waals surface area contributed by atoms with Crippen molar-refractivity contribution >= 4 is 29.7 Å². The molecule has 0 bridgehead atoms. The van der Waals surface area contributed by atoms with E-state index < -0.39 is 53.4 Å². The lowest BCUT2D eigenvalue weighted by molar-refractivity contribution is -0.153. The topological polar surface area (TPSA) is 123 Å². The molecule has 0 aromatic heterocycles. The number of esters is 1. The molecule has 2 amide bonds. The number of nitrogens with zero attached hydrogens (tertiary/aromatic N) is 2. The monoisotopic (exact) mass is 548 g/mol. The van der Waals surface area contributed by atoms with Crippen LogP contribution in [0, 0.1) is 23.4 Å². The molecule has 0 radical (unpaired) electrons. The van der Waals surface area contributed by atoms with E-state index in [4.69, 9.17) is 15.2 Å². The molecule has 1 aliphatic rings. The summed E-state index contributed by atoms with van der Waals surface area (Å²) in [5, 5.41) is 7.68. The second kappa shape index (κ2) is 13.2. The Morgan fingerprint density at radius 2 is 1.77 bits per heavy atom. The summed E-state index contributed by atoms with van der Waals surface area (Å²) in [4.78, 5) is 37.8. The minimum atomic E-state index is -1.32. The summed E-state index contributed by atoms with van der Waals surface area (Å²) in [6, 6.07) is 5.63. The Morgan fingerprint density at radius 3 is 2.41 bits per heavy atom. The fourth-order valence-electron chi connectivity index (χ4n) is 3.93.